The summed E-state index contributed by atoms with van der Waals surface area (Å²) in [5.41, 5.74) is 3.92. The highest BCUT2D eigenvalue weighted by molar-refractivity contribution is 5.89. The molecule has 0 spiro atoms. The Balaban J connectivity index is 1.40. The van der Waals surface area contributed by atoms with E-state index in [1.54, 1.807) is 6.20 Å². The number of rotatable bonds is 4. The molecule has 154 valence electrons. The molecule has 1 N–H and O–H groups in total. The average molecular weight is 404 g/mol. The lowest BCUT2D eigenvalue weighted by molar-refractivity contribution is 0.198. The highest BCUT2D eigenvalue weighted by Crippen LogP contribution is 2.28. The number of nitrogens with one attached hydrogen (secondary N) is 1. The van der Waals surface area contributed by atoms with Gasteiger partial charge in [0.25, 0.3) is 0 Å². The largest absolute Gasteiger partial charge is 0.456 e. The van der Waals surface area contributed by atoms with Crippen LogP contribution in [0.25, 0.3) is 6.08 Å². The smallest absolute Gasteiger partial charge is 0.322 e. The summed E-state index contributed by atoms with van der Waals surface area (Å²) in [6, 6.07) is 11.7. The molecule has 2 aromatic heterocycles. The third-order valence-corrected chi connectivity index (χ3v) is 5.10. The van der Waals surface area contributed by atoms with Crippen LogP contribution in [0.3, 0.4) is 0 Å². The maximum atomic E-state index is 12.4. The molecule has 1 aliphatic heterocycles. The molecule has 3 heterocycles. The van der Waals surface area contributed by atoms with Gasteiger partial charge in [0.05, 0.1) is 12.4 Å². The van der Waals surface area contributed by atoms with Gasteiger partial charge in [0.1, 0.15) is 23.4 Å². The van der Waals surface area contributed by atoms with Crippen molar-refractivity contribution in [1.82, 2.24) is 15.0 Å². The summed E-state index contributed by atoms with van der Waals surface area (Å²) in [5.74, 6) is 1.75. The molecule has 0 radical (unpaired) electrons. The van der Waals surface area contributed by atoms with Crippen LogP contribution in [0, 0.1) is 12.8 Å². The molecular weight excluding hydrogens is 380 g/mol. The number of pyridine rings is 1. The summed E-state index contributed by atoms with van der Waals surface area (Å²) >= 11 is 0. The number of amides is 2. The number of ether oxygens (including phenoxy) is 1. The van der Waals surface area contributed by atoms with Crippen molar-refractivity contribution in [1.29, 1.82) is 0 Å². The molecule has 7 heteroatoms. The van der Waals surface area contributed by atoms with Gasteiger partial charge < -0.3 is 19.5 Å². The minimum atomic E-state index is -0.133. The van der Waals surface area contributed by atoms with Gasteiger partial charge in [0.15, 0.2) is 0 Å². The molecule has 1 unspecified atom stereocenters. The maximum Gasteiger partial charge on any atom is 0.322 e. The number of nitrogens with zero attached hydrogens (tertiary/aromatic N) is 3. The Hall–Kier alpha value is -3.61. The molecule has 2 amide bonds. The van der Waals surface area contributed by atoms with Crippen molar-refractivity contribution in [3.05, 3.63) is 71.9 Å². The molecule has 0 saturated carbocycles. The Morgan fingerprint density at radius 1 is 1.27 bits per heavy atom. The molecule has 1 fully saturated rings. The molecule has 1 aromatic carbocycles. The number of carbonyl (C=O) groups is 1. The number of likely N-dealkylation sites (tertiary alicyclic amines) is 1. The second-order valence-corrected chi connectivity index (χ2v) is 7.47. The number of aromatic nitrogens is 2. The summed E-state index contributed by atoms with van der Waals surface area (Å²) in [5, 5.41) is 6.40. The fourth-order valence-electron chi connectivity index (χ4n) is 3.45. The number of benzene rings is 1. The maximum absolute atomic E-state index is 12.4. The van der Waals surface area contributed by atoms with Gasteiger partial charge in [-0.15, -0.1) is 0 Å². The summed E-state index contributed by atoms with van der Waals surface area (Å²) in [7, 11) is 0. The van der Waals surface area contributed by atoms with Crippen LogP contribution in [0.5, 0.6) is 11.5 Å². The average Bonchev–Trinajstić information content (AvgIpc) is 3.24. The van der Waals surface area contributed by atoms with E-state index in [1.807, 2.05) is 42.2 Å². The fourth-order valence-corrected chi connectivity index (χ4v) is 3.45. The Labute approximate surface area is 175 Å². The highest BCUT2D eigenvalue weighted by Gasteiger charge is 2.24. The number of piperidine rings is 1. The molecule has 7 nitrogen and oxygen atoms in total. The lowest BCUT2D eigenvalue weighted by atomic mass is 9.91. The number of aryl methyl sites for hydroxylation is 1. The van der Waals surface area contributed by atoms with E-state index in [1.165, 1.54) is 18.0 Å². The molecule has 3 aromatic rings. The number of hydrogen-bond donors (Lipinski definition) is 1. The van der Waals surface area contributed by atoms with Crippen LogP contribution >= 0.6 is 0 Å². The van der Waals surface area contributed by atoms with Gasteiger partial charge in [0.2, 0.25) is 0 Å². The van der Waals surface area contributed by atoms with Crippen molar-refractivity contribution in [2.75, 3.05) is 18.4 Å². The zero-order valence-corrected chi connectivity index (χ0v) is 17.0. The third kappa shape index (κ3) is 4.86. The first-order valence-corrected chi connectivity index (χ1v) is 9.93. The first-order valence-electron chi connectivity index (χ1n) is 9.93. The quantitative estimate of drug-likeness (QED) is 0.652. The Bertz CT molecular complexity index is 1030. The molecule has 0 bridgehead atoms. The van der Waals surface area contributed by atoms with Crippen molar-refractivity contribution < 1.29 is 14.1 Å². The van der Waals surface area contributed by atoms with E-state index in [-0.39, 0.29) is 11.9 Å². The predicted octanol–water partition coefficient (Wildman–Crippen LogP) is 5.13. The van der Waals surface area contributed by atoms with Gasteiger partial charge in [-0.2, -0.15) is 0 Å². The van der Waals surface area contributed by atoms with E-state index in [4.69, 9.17) is 9.26 Å². The van der Waals surface area contributed by atoms with E-state index < -0.39 is 0 Å². The normalized spacial score (nSPS) is 17.7. The van der Waals surface area contributed by atoms with E-state index in [2.05, 4.69) is 34.5 Å². The SMILES string of the molecule is Cc1ccc(Oc2cccc(C=C3CCN(C(=O)Nc4cnoc4)CC3C)c2)cn1. The van der Waals surface area contributed by atoms with E-state index in [0.29, 0.717) is 24.5 Å². The van der Waals surface area contributed by atoms with Gasteiger partial charge in [-0.05, 0) is 49.1 Å². The molecule has 1 atom stereocenters. The summed E-state index contributed by atoms with van der Waals surface area (Å²) in [6.45, 7) is 5.41. The van der Waals surface area contributed by atoms with Crippen molar-refractivity contribution >= 4 is 17.8 Å². The standard InChI is InChI=1S/C23H24N4O3/c1-16-14-27(23(28)26-20-12-25-29-15-20)9-8-19(16)10-18-4-3-5-21(11-18)30-22-7-6-17(2)24-13-22/h3-7,10-13,15-16H,8-9,14H2,1-2H3,(H,26,28). The zero-order valence-electron chi connectivity index (χ0n) is 17.0. The van der Waals surface area contributed by atoms with Crippen molar-refractivity contribution in [3.63, 3.8) is 0 Å². The van der Waals surface area contributed by atoms with E-state index >= 15 is 0 Å². The number of carbonyl (C=O) groups excluding carboxylic acids is 1. The fraction of sp³-hybridized carbons (Fsp3) is 0.261. The number of urea groups is 1. The predicted molar refractivity (Wildman–Crippen MR) is 114 cm³/mol. The van der Waals surface area contributed by atoms with Crippen molar-refractivity contribution in [3.8, 4) is 11.5 Å². The topological polar surface area (TPSA) is 80.5 Å². The van der Waals surface area contributed by atoms with Crippen LogP contribution in [0.2, 0.25) is 0 Å². The van der Waals surface area contributed by atoms with Crippen molar-refractivity contribution in [2.24, 2.45) is 5.92 Å². The summed E-state index contributed by atoms with van der Waals surface area (Å²) < 4.78 is 10.7. The second kappa shape index (κ2) is 8.82. The van der Waals surface area contributed by atoms with Gasteiger partial charge in [0, 0.05) is 18.8 Å². The van der Waals surface area contributed by atoms with Crippen LogP contribution in [0.4, 0.5) is 10.5 Å². The van der Waals surface area contributed by atoms with Crippen LogP contribution < -0.4 is 10.1 Å². The monoisotopic (exact) mass is 404 g/mol. The van der Waals surface area contributed by atoms with E-state index in [0.717, 1.165) is 23.4 Å². The van der Waals surface area contributed by atoms with Crippen LogP contribution in [0.1, 0.15) is 24.6 Å². The highest BCUT2D eigenvalue weighted by atomic mass is 16.5. The Morgan fingerprint density at radius 3 is 2.90 bits per heavy atom. The molecular formula is C23H24N4O3. The minimum absolute atomic E-state index is 0.133. The van der Waals surface area contributed by atoms with Gasteiger partial charge in [-0.25, -0.2) is 4.79 Å². The van der Waals surface area contributed by atoms with Gasteiger partial charge in [-0.1, -0.05) is 35.9 Å². The van der Waals surface area contributed by atoms with Crippen molar-refractivity contribution in [2.45, 2.75) is 20.3 Å². The van der Waals surface area contributed by atoms with E-state index in [9.17, 15) is 4.79 Å². The lowest BCUT2D eigenvalue weighted by Gasteiger charge is -2.33. The zero-order chi connectivity index (χ0) is 20.9. The first-order chi connectivity index (χ1) is 14.6. The molecule has 30 heavy (non-hydrogen) atoms. The second-order valence-electron chi connectivity index (χ2n) is 7.47. The lowest BCUT2D eigenvalue weighted by Crippen LogP contribution is -2.42. The first kappa shape index (κ1) is 19.7. The van der Waals surface area contributed by atoms with Crippen LogP contribution in [0.15, 0.2) is 65.2 Å². The summed E-state index contributed by atoms with van der Waals surface area (Å²) in [4.78, 5) is 18.5. The molecule has 1 saturated heterocycles. The molecule has 0 aliphatic carbocycles. The van der Waals surface area contributed by atoms with Gasteiger partial charge >= 0.3 is 6.03 Å². The minimum Gasteiger partial charge on any atom is -0.456 e. The Morgan fingerprint density at radius 2 is 2.17 bits per heavy atom. The van der Waals surface area contributed by atoms with Gasteiger partial charge in [-0.3, -0.25) is 4.98 Å². The molecule has 1 aliphatic rings. The Kier molecular flexibility index (Phi) is 5.79. The number of anilines is 1. The molecule has 4 rings (SSSR count). The number of hydrogen-bond acceptors (Lipinski definition) is 5. The van der Waals surface area contributed by atoms with Crippen LogP contribution in [-0.4, -0.2) is 34.2 Å². The summed E-state index contributed by atoms with van der Waals surface area (Å²) in [6.07, 6.45) is 7.64. The third-order valence-electron chi connectivity index (χ3n) is 5.10. The van der Waals surface area contributed by atoms with Crippen LogP contribution in [-0.2, 0) is 0 Å².